The Morgan fingerprint density at radius 1 is 0.923 bits per heavy atom. The van der Waals surface area contributed by atoms with Crippen LogP contribution in [0, 0.1) is 6.92 Å². The van der Waals surface area contributed by atoms with Gasteiger partial charge in [-0.1, -0.05) is 65.2 Å². The molecule has 1 aliphatic heterocycles. The smallest absolute Gasteiger partial charge is 0.343 e. The molecular weight excluding hydrogens is 367 g/mol. The van der Waals surface area contributed by atoms with Crippen LogP contribution in [0.25, 0.3) is 22.6 Å². The third kappa shape index (κ3) is 3.14. The summed E-state index contributed by atoms with van der Waals surface area (Å²) in [5.41, 5.74) is 3.08. The SMILES string of the molecule is Cc1ccc2cc(C3=C/C(=C/c4c(Cl)cccc4Cl)C(=O)O3)ccc2c1. The van der Waals surface area contributed by atoms with Gasteiger partial charge in [0.25, 0.3) is 0 Å². The van der Waals surface area contributed by atoms with Crippen LogP contribution in [0.2, 0.25) is 10.0 Å². The lowest BCUT2D eigenvalue weighted by molar-refractivity contribution is -0.130. The molecule has 0 N–H and O–H groups in total. The Balaban J connectivity index is 1.75. The Morgan fingerprint density at radius 2 is 1.62 bits per heavy atom. The largest absolute Gasteiger partial charge is 0.422 e. The number of rotatable bonds is 2. The van der Waals surface area contributed by atoms with Gasteiger partial charge in [0.15, 0.2) is 0 Å². The number of aryl methyl sites for hydroxylation is 1. The van der Waals surface area contributed by atoms with Crippen LogP contribution < -0.4 is 0 Å². The molecule has 0 radical (unpaired) electrons. The molecule has 0 aliphatic carbocycles. The van der Waals surface area contributed by atoms with Crippen molar-refractivity contribution in [1.29, 1.82) is 0 Å². The van der Waals surface area contributed by atoms with E-state index in [1.807, 2.05) is 18.2 Å². The zero-order chi connectivity index (χ0) is 18.3. The van der Waals surface area contributed by atoms with Crippen molar-refractivity contribution < 1.29 is 9.53 Å². The molecule has 0 saturated carbocycles. The van der Waals surface area contributed by atoms with Gasteiger partial charge in [0.05, 0.1) is 5.57 Å². The average molecular weight is 381 g/mol. The third-order valence-corrected chi connectivity index (χ3v) is 4.96. The van der Waals surface area contributed by atoms with Gasteiger partial charge in [0.1, 0.15) is 5.76 Å². The number of hydrogen-bond acceptors (Lipinski definition) is 2. The molecule has 1 heterocycles. The van der Waals surface area contributed by atoms with Crippen LogP contribution in [-0.2, 0) is 9.53 Å². The van der Waals surface area contributed by atoms with E-state index in [0.29, 0.717) is 26.9 Å². The molecule has 128 valence electrons. The first-order chi connectivity index (χ1) is 12.5. The van der Waals surface area contributed by atoms with Crippen molar-refractivity contribution in [2.24, 2.45) is 0 Å². The highest BCUT2D eigenvalue weighted by Crippen LogP contribution is 2.32. The number of carbonyl (C=O) groups is 1. The first-order valence-electron chi connectivity index (χ1n) is 8.12. The average Bonchev–Trinajstić information content (AvgIpc) is 2.98. The van der Waals surface area contributed by atoms with E-state index in [4.69, 9.17) is 27.9 Å². The number of benzene rings is 3. The van der Waals surface area contributed by atoms with Crippen LogP contribution in [0.1, 0.15) is 16.7 Å². The molecule has 1 aliphatic rings. The Bertz CT molecular complexity index is 1090. The summed E-state index contributed by atoms with van der Waals surface area (Å²) < 4.78 is 5.45. The van der Waals surface area contributed by atoms with Crippen molar-refractivity contribution in [3.05, 3.63) is 93.0 Å². The van der Waals surface area contributed by atoms with Gasteiger partial charge >= 0.3 is 5.97 Å². The standard InChI is InChI=1S/C22H14Cl2O2/c1-13-5-6-15-10-16(8-7-14(15)9-13)21-12-17(22(25)26-21)11-18-19(23)3-2-4-20(18)24/h2-12H,1H3/b17-11-. The Morgan fingerprint density at radius 3 is 2.38 bits per heavy atom. The maximum absolute atomic E-state index is 12.3. The van der Waals surface area contributed by atoms with Gasteiger partial charge in [-0.3, -0.25) is 0 Å². The van der Waals surface area contributed by atoms with Gasteiger partial charge in [0, 0.05) is 21.2 Å². The normalized spacial score (nSPS) is 15.4. The molecule has 2 nitrogen and oxygen atoms in total. The molecule has 0 unspecified atom stereocenters. The van der Waals surface area contributed by atoms with E-state index in [0.717, 1.165) is 16.3 Å². The summed E-state index contributed by atoms with van der Waals surface area (Å²) in [5.74, 6) is 0.104. The molecular formula is C22H14Cl2O2. The molecule has 4 heteroatoms. The minimum absolute atomic E-state index is 0.416. The summed E-state index contributed by atoms with van der Waals surface area (Å²) in [6, 6.07) is 17.5. The molecule has 0 aromatic heterocycles. The highest BCUT2D eigenvalue weighted by Gasteiger charge is 2.23. The lowest BCUT2D eigenvalue weighted by atomic mass is 10.0. The van der Waals surface area contributed by atoms with Crippen LogP contribution in [-0.4, -0.2) is 5.97 Å². The predicted molar refractivity (Wildman–Crippen MR) is 107 cm³/mol. The topological polar surface area (TPSA) is 26.3 Å². The summed E-state index contributed by atoms with van der Waals surface area (Å²) in [5, 5.41) is 3.22. The maximum atomic E-state index is 12.3. The molecule has 0 amide bonds. The van der Waals surface area contributed by atoms with Crippen LogP contribution in [0.4, 0.5) is 0 Å². The van der Waals surface area contributed by atoms with E-state index in [1.54, 1.807) is 30.4 Å². The summed E-state index contributed by atoms with van der Waals surface area (Å²) in [6.45, 7) is 2.06. The Labute approximate surface area is 161 Å². The first kappa shape index (κ1) is 16.9. The number of halogens is 2. The summed E-state index contributed by atoms with van der Waals surface area (Å²) in [6.07, 6.45) is 3.38. The molecule has 0 atom stereocenters. The second kappa shape index (κ2) is 6.64. The van der Waals surface area contributed by atoms with Gasteiger partial charge in [-0.15, -0.1) is 0 Å². The third-order valence-electron chi connectivity index (χ3n) is 4.30. The number of ether oxygens (including phenoxy) is 1. The van der Waals surface area contributed by atoms with E-state index in [1.165, 1.54) is 5.56 Å². The molecule has 3 aromatic rings. The highest BCUT2D eigenvalue weighted by atomic mass is 35.5. The fraction of sp³-hybridized carbons (Fsp3) is 0.0455. The van der Waals surface area contributed by atoms with Crippen molar-refractivity contribution in [3.63, 3.8) is 0 Å². The summed E-state index contributed by atoms with van der Waals surface area (Å²) in [4.78, 5) is 12.3. The van der Waals surface area contributed by atoms with E-state index in [9.17, 15) is 4.79 Å². The first-order valence-corrected chi connectivity index (χ1v) is 8.87. The molecule has 26 heavy (non-hydrogen) atoms. The minimum Gasteiger partial charge on any atom is -0.422 e. The quantitative estimate of drug-likeness (QED) is 0.377. The molecule has 0 saturated heterocycles. The maximum Gasteiger partial charge on any atom is 0.343 e. The molecule has 0 fully saturated rings. The van der Waals surface area contributed by atoms with Gasteiger partial charge in [0.2, 0.25) is 0 Å². The van der Waals surface area contributed by atoms with Crippen molar-refractivity contribution in [2.75, 3.05) is 0 Å². The number of cyclic esters (lactones) is 1. The number of carbonyl (C=O) groups excluding carboxylic acids is 1. The lowest BCUT2D eigenvalue weighted by Gasteiger charge is -2.05. The van der Waals surface area contributed by atoms with Crippen LogP contribution in [0.3, 0.4) is 0 Å². The van der Waals surface area contributed by atoms with Crippen LogP contribution >= 0.6 is 23.2 Å². The van der Waals surface area contributed by atoms with E-state index in [-0.39, 0.29) is 0 Å². The second-order valence-corrected chi connectivity index (χ2v) is 7.01. The van der Waals surface area contributed by atoms with Crippen molar-refractivity contribution in [3.8, 4) is 0 Å². The molecule has 4 rings (SSSR count). The predicted octanol–water partition coefficient (Wildman–Crippen LogP) is 6.44. The fourth-order valence-corrected chi connectivity index (χ4v) is 3.46. The number of esters is 1. The van der Waals surface area contributed by atoms with Crippen molar-refractivity contribution in [2.45, 2.75) is 6.92 Å². The zero-order valence-corrected chi connectivity index (χ0v) is 15.4. The van der Waals surface area contributed by atoms with Crippen LogP contribution in [0.15, 0.2) is 66.2 Å². The van der Waals surface area contributed by atoms with E-state index in [2.05, 4.69) is 25.1 Å². The molecule has 0 bridgehead atoms. The number of fused-ring (bicyclic) bond motifs is 1. The second-order valence-electron chi connectivity index (χ2n) is 6.20. The van der Waals surface area contributed by atoms with Gasteiger partial charge in [-0.25, -0.2) is 4.79 Å². The van der Waals surface area contributed by atoms with Crippen molar-refractivity contribution in [1.82, 2.24) is 0 Å². The minimum atomic E-state index is -0.417. The van der Waals surface area contributed by atoms with Crippen LogP contribution in [0.5, 0.6) is 0 Å². The monoisotopic (exact) mass is 380 g/mol. The summed E-state index contributed by atoms with van der Waals surface area (Å²) in [7, 11) is 0. The Hall–Kier alpha value is -2.55. The van der Waals surface area contributed by atoms with E-state index >= 15 is 0 Å². The van der Waals surface area contributed by atoms with Crippen molar-refractivity contribution >= 4 is 51.8 Å². The number of hydrogen-bond donors (Lipinski definition) is 0. The zero-order valence-electron chi connectivity index (χ0n) is 13.9. The molecule has 0 spiro atoms. The van der Waals surface area contributed by atoms with Gasteiger partial charge in [-0.2, -0.15) is 0 Å². The lowest BCUT2D eigenvalue weighted by Crippen LogP contribution is -1.97. The van der Waals surface area contributed by atoms with Gasteiger partial charge in [-0.05, 0) is 48.0 Å². The van der Waals surface area contributed by atoms with E-state index < -0.39 is 5.97 Å². The summed E-state index contributed by atoms with van der Waals surface area (Å²) >= 11 is 12.4. The molecule has 3 aromatic carbocycles. The Kier molecular flexibility index (Phi) is 4.31. The fourth-order valence-electron chi connectivity index (χ4n) is 2.95. The highest BCUT2D eigenvalue weighted by molar-refractivity contribution is 6.37. The van der Waals surface area contributed by atoms with Gasteiger partial charge < -0.3 is 4.74 Å².